The molecule has 0 saturated carbocycles. The fourth-order valence-corrected chi connectivity index (χ4v) is 0.865. The first-order valence-corrected chi connectivity index (χ1v) is 4.35. The Morgan fingerprint density at radius 2 is 2.00 bits per heavy atom. The second-order valence-corrected chi connectivity index (χ2v) is 4.01. The van der Waals surface area contributed by atoms with Gasteiger partial charge >= 0.3 is 5.97 Å². The van der Waals surface area contributed by atoms with Gasteiger partial charge in [-0.1, -0.05) is 24.3 Å². The number of hydrogen-bond acceptors (Lipinski definition) is 2. The van der Waals surface area contributed by atoms with Crippen molar-refractivity contribution in [3.8, 4) is 0 Å². The largest absolute Gasteiger partial charge is 0.460 e. The summed E-state index contributed by atoms with van der Waals surface area (Å²) < 4.78 is 5.14. The topological polar surface area (TPSA) is 26.3 Å². The Morgan fingerprint density at radius 3 is 2.38 bits per heavy atom. The molecule has 0 aliphatic carbocycles. The van der Waals surface area contributed by atoms with E-state index in [1.165, 1.54) is 0 Å². The van der Waals surface area contributed by atoms with E-state index in [2.05, 4.69) is 6.58 Å². The summed E-state index contributed by atoms with van der Waals surface area (Å²) >= 11 is 0. The van der Waals surface area contributed by atoms with E-state index in [0.29, 0.717) is 6.42 Å². The molecule has 0 rings (SSSR count). The molecule has 0 saturated heterocycles. The molecule has 0 heterocycles. The molecular formula is C11H18O2. The van der Waals surface area contributed by atoms with Crippen molar-refractivity contribution in [3.05, 3.63) is 24.3 Å². The highest BCUT2D eigenvalue weighted by atomic mass is 16.6. The SMILES string of the molecule is C=C/C=C(\C)CC(=O)OC(C)(C)C. The van der Waals surface area contributed by atoms with Crippen LogP contribution in [-0.4, -0.2) is 11.6 Å². The summed E-state index contributed by atoms with van der Waals surface area (Å²) in [5, 5.41) is 0. The van der Waals surface area contributed by atoms with Crippen molar-refractivity contribution < 1.29 is 9.53 Å². The van der Waals surface area contributed by atoms with Crippen LogP contribution in [0.25, 0.3) is 0 Å². The zero-order chi connectivity index (χ0) is 10.5. The molecule has 0 aliphatic heterocycles. The molecule has 0 amide bonds. The lowest BCUT2D eigenvalue weighted by Crippen LogP contribution is -2.23. The molecule has 0 radical (unpaired) electrons. The summed E-state index contributed by atoms with van der Waals surface area (Å²) in [5.74, 6) is -0.192. The number of carbonyl (C=O) groups is 1. The predicted molar refractivity (Wildman–Crippen MR) is 54.4 cm³/mol. The Kier molecular flexibility index (Phi) is 4.46. The first kappa shape index (κ1) is 11.9. The second-order valence-electron chi connectivity index (χ2n) is 4.01. The van der Waals surface area contributed by atoms with Crippen molar-refractivity contribution in [1.82, 2.24) is 0 Å². The van der Waals surface area contributed by atoms with E-state index in [4.69, 9.17) is 4.74 Å². The maximum atomic E-state index is 11.2. The molecule has 2 nitrogen and oxygen atoms in total. The maximum absolute atomic E-state index is 11.2. The molecule has 0 aromatic rings. The maximum Gasteiger partial charge on any atom is 0.310 e. The van der Waals surface area contributed by atoms with E-state index in [0.717, 1.165) is 5.57 Å². The van der Waals surface area contributed by atoms with E-state index >= 15 is 0 Å². The monoisotopic (exact) mass is 182 g/mol. The number of esters is 1. The standard InChI is InChI=1S/C11H18O2/c1-6-7-9(2)8-10(12)13-11(3,4)5/h6-7H,1,8H2,2-5H3/b9-7+. The Bertz CT molecular complexity index is 219. The third-order valence-electron chi connectivity index (χ3n) is 1.25. The molecule has 0 spiro atoms. The average Bonchev–Trinajstić information content (AvgIpc) is 1.81. The van der Waals surface area contributed by atoms with Crippen LogP contribution in [0.4, 0.5) is 0 Å². The molecule has 74 valence electrons. The van der Waals surface area contributed by atoms with Crippen LogP contribution in [0.2, 0.25) is 0 Å². The van der Waals surface area contributed by atoms with Gasteiger partial charge in [0.15, 0.2) is 0 Å². The summed E-state index contributed by atoms with van der Waals surface area (Å²) in [4.78, 5) is 11.2. The lowest BCUT2D eigenvalue weighted by molar-refractivity contribution is -0.153. The molecular weight excluding hydrogens is 164 g/mol. The molecule has 0 aliphatic rings. The van der Waals surface area contributed by atoms with Gasteiger partial charge in [-0.15, -0.1) is 0 Å². The molecule has 0 aromatic carbocycles. The smallest absolute Gasteiger partial charge is 0.310 e. The highest BCUT2D eigenvalue weighted by Crippen LogP contribution is 2.10. The van der Waals surface area contributed by atoms with Crippen LogP contribution < -0.4 is 0 Å². The van der Waals surface area contributed by atoms with Gasteiger partial charge in [-0.3, -0.25) is 4.79 Å². The first-order chi connectivity index (χ1) is 5.85. The van der Waals surface area contributed by atoms with Gasteiger partial charge in [0.25, 0.3) is 0 Å². The van der Waals surface area contributed by atoms with Crippen molar-refractivity contribution in [2.75, 3.05) is 0 Å². The van der Waals surface area contributed by atoms with E-state index in [1.807, 2.05) is 33.8 Å². The van der Waals surface area contributed by atoms with Crippen LogP contribution in [0.3, 0.4) is 0 Å². The third kappa shape index (κ3) is 7.32. The van der Waals surface area contributed by atoms with Gasteiger partial charge in [0.2, 0.25) is 0 Å². The number of rotatable bonds is 3. The zero-order valence-electron chi connectivity index (χ0n) is 8.89. The van der Waals surface area contributed by atoms with Crippen LogP contribution in [0, 0.1) is 0 Å². The van der Waals surface area contributed by atoms with E-state index in [-0.39, 0.29) is 5.97 Å². The van der Waals surface area contributed by atoms with Crippen LogP contribution in [0.15, 0.2) is 24.3 Å². The molecule has 0 fully saturated rings. The predicted octanol–water partition coefficient (Wildman–Crippen LogP) is 2.85. The summed E-state index contributed by atoms with van der Waals surface area (Å²) in [7, 11) is 0. The minimum absolute atomic E-state index is 0.192. The minimum atomic E-state index is -0.397. The van der Waals surface area contributed by atoms with Crippen molar-refractivity contribution >= 4 is 5.97 Å². The van der Waals surface area contributed by atoms with Gasteiger partial charge < -0.3 is 4.74 Å². The Morgan fingerprint density at radius 1 is 1.46 bits per heavy atom. The number of ether oxygens (including phenoxy) is 1. The average molecular weight is 182 g/mol. The molecule has 13 heavy (non-hydrogen) atoms. The van der Waals surface area contributed by atoms with Gasteiger partial charge in [0, 0.05) is 0 Å². The molecule has 0 aromatic heterocycles. The van der Waals surface area contributed by atoms with Gasteiger partial charge in [-0.25, -0.2) is 0 Å². The van der Waals surface area contributed by atoms with Crippen LogP contribution >= 0.6 is 0 Å². The fraction of sp³-hybridized carbons (Fsp3) is 0.545. The molecule has 0 bridgehead atoms. The molecule has 0 N–H and O–H groups in total. The summed E-state index contributed by atoms with van der Waals surface area (Å²) in [6.07, 6.45) is 3.81. The van der Waals surface area contributed by atoms with Crippen LogP contribution in [0.5, 0.6) is 0 Å². The van der Waals surface area contributed by atoms with Crippen molar-refractivity contribution in [3.63, 3.8) is 0 Å². The zero-order valence-corrected chi connectivity index (χ0v) is 8.89. The lowest BCUT2D eigenvalue weighted by Gasteiger charge is -2.19. The van der Waals surface area contributed by atoms with Crippen molar-refractivity contribution in [2.45, 2.75) is 39.7 Å². The van der Waals surface area contributed by atoms with Crippen LogP contribution in [-0.2, 0) is 9.53 Å². The van der Waals surface area contributed by atoms with Gasteiger partial charge in [-0.05, 0) is 27.7 Å². The van der Waals surface area contributed by atoms with Gasteiger partial charge in [0.1, 0.15) is 5.60 Å². The van der Waals surface area contributed by atoms with Crippen molar-refractivity contribution in [1.29, 1.82) is 0 Å². The number of hydrogen-bond donors (Lipinski definition) is 0. The fourth-order valence-electron chi connectivity index (χ4n) is 0.865. The lowest BCUT2D eigenvalue weighted by atomic mass is 10.1. The quantitative estimate of drug-likeness (QED) is 0.495. The van der Waals surface area contributed by atoms with Gasteiger partial charge in [-0.2, -0.15) is 0 Å². The Hall–Kier alpha value is -1.05. The van der Waals surface area contributed by atoms with Crippen LogP contribution in [0.1, 0.15) is 34.1 Å². The summed E-state index contributed by atoms with van der Waals surface area (Å²) in [6, 6.07) is 0. The second kappa shape index (κ2) is 4.85. The van der Waals surface area contributed by atoms with E-state index < -0.39 is 5.60 Å². The molecule has 0 unspecified atom stereocenters. The highest BCUT2D eigenvalue weighted by molar-refractivity contribution is 5.72. The van der Waals surface area contributed by atoms with E-state index in [9.17, 15) is 4.79 Å². The summed E-state index contributed by atoms with van der Waals surface area (Å²) in [6.45, 7) is 11.0. The number of carbonyl (C=O) groups excluding carboxylic acids is 1. The molecule has 2 heteroatoms. The normalized spacial score (nSPS) is 12.5. The van der Waals surface area contributed by atoms with Gasteiger partial charge in [0.05, 0.1) is 6.42 Å². The minimum Gasteiger partial charge on any atom is -0.460 e. The Balaban J connectivity index is 4.03. The highest BCUT2D eigenvalue weighted by Gasteiger charge is 2.15. The van der Waals surface area contributed by atoms with E-state index in [1.54, 1.807) is 6.08 Å². The molecule has 0 atom stereocenters. The third-order valence-corrected chi connectivity index (χ3v) is 1.25. The van der Waals surface area contributed by atoms with Crippen molar-refractivity contribution in [2.24, 2.45) is 0 Å². The first-order valence-electron chi connectivity index (χ1n) is 4.35. The number of allylic oxidation sites excluding steroid dienone is 2. The summed E-state index contributed by atoms with van der Waals surface area (Å²) in [5.41, 5.74) is 0.565. The Labute approximate surface area is 80.3 Å².